The minimum Gasteiger partial charge on any atom is -0.468 e. The largest absolute Gasteiger partial charge is 0.468 e. The van der Waals surface area contributed by atoms with E-state index in [4.69, 9.17) is 4.74 Å². The Bertz CT molecular complexity index is 221. The second-order valence-electron chi connectivity index (χ2n) is 4.39. The van der Waals surface area contributed by atoms with Crippen LogP contribution in [0.1, 0.15) is 33.1 Å². The molecule has 1 aliphatic heterocycles. The van der Waals surface area contributed by atoms with Gasteiger partial charge in [-0.25, -0.2) is 0 Å². The van der Waals surface area contributed by atoms with Crippen LogP contribution in [-0.4, -0.2) is 49.7 Å². The molecule has 94 valence electrons. The first kappa shape index (κ1) is 13.5. The second-order valence-corrected chi connectivity index (χ2v) is 4.39. The molecule has 1 heterocycles. The quantitative estimate of drug-likeness (QED) is 0.713. The highest BCUT2D eigenvalue weighted by molar-refractivity contribution is 5.75. The van der Waals surface area contributed by atoms with Crippen LogP contribution in [0.5, 0.6) is 0 Å². The molecule has 0 aromatic carbocycles. The van der Waals surface area contributed by atoms with Crippen molar-refractivity contribution in [2.45, 2.75) is 45.2 Å². The molecule has 0 aromatic heterocycles. The van der Waals surface area contributed by atoms with Crippen molar-refractivity contribution in [3.05, 3.63) is 0 Å². The lowest BCUT2D eigenvalue weighted by atomic mass is 10.00. The molecule has 0 aromatic rings. The van der Waals surface area contributed by atoms with E-state index in [0.29, 0.717) is 6.04 Å². The van der Waals surface area contributed by atoms with Crippen LogP contribution in [0.3, 0.4) is 0 Å². The molecule has 16 heavy (non-hydrogen) atoms. The minimum absolute atomic E-state index is 0.117. The Labute approximate surface area is 98.3 Å². The van der Waals surface area contributed by atoms with E-state index in [-0.39, 0.29) is 12.0 Å². The van der Waals surface area contributed by atoms with Gasteiger partial charge in [0.2, 0.25) is 0 Å². The molecule has 2 unspecified atom stereocenters. The summed E-state index contributed by atoms with van der Waals surface area (Å²) in [6.45, 7) is 7.01. The molecule has 0 saturated carbocycles. The number of carbonyl (C=O) groups excluding carboxylic acids is 1. The molecule has 2 atom stereocenters. The van der Waals surface area contributed by atoms with Crippen molar-refractivity contribution >= 4 is 5.97 Å². The summed E-state index contributed by atoms with van der Waals surface area (Å²) in [5.74, 6) is -0.122. The lowest BCUT2D eigenvalue weighted by molar-refractivity contribution is -0.147. The zero-order valence-corrected chi connectivity index (χ0v) is 10.7. The Morgan fingerprint density at radius 3 is 2.94 bits per heavy atom. The average molecular weight is 228 g/mol. The fourth-order valence-corrected chi connectivity index (χ4v) is 2.37. The number of esters is 1. The van der Waals surface area contributed by atoms with Gasteiger partial charge in [0.1, 0.15) is 6.04 Å². The highest BCUT2D eigenvalue weighted by atomic mass is 16.5. The third-order valence-corrected chi connectivity index (χ3v) is 3.34. The summed E-state index contributed by atoms with van der Waals surface area (Å²) in [6, 6.07) is 0.358. The number of ether oxygens (including phenoxy) is 1. The van der Waals surface area contributed by atoms with Crippen LogP contribution in [0.4, 0.5) is 0 Å². The minimum atomic E-state index is -0.122. The van der Waals surface area contributed by atoms with Crippen molar-refractivity contribution in [1.82, 2.24) is 10.2 Å². The van der Waals surface area contributed by atoms with Crippen molar-refractivity contribution in [2.75, 3.05) is 26.7 Å². The first-order valence-electron chi connectivity index (χ1n) is 6.25. The van der Waals surface area contributed by atoms with E-state index in [1.54, 1.807) is 0 Å². The number of hydrogen-bond acceptors (Lipinski definition) is 4. The maximum atomic E-state index is 11.5. The highest BCUT2D eigenvalue weighted by Gasteiger charge is 2.30. The zero-order chi connectivity index (χ0) is 12.0. The van der Waals surface area contributed by atoms with E-state index in [9.17, 15) is 4.79 Å². The van der Waals surface area contributed by atoms with E-state index in [1.807, 2.05) is 6.92 Å². The summed E-state index contributed by atoms with van der Waals surface area (Å²) in [6.07, 6.45) is 3.62. The number of nitrogens with one attached hydrogen (secondary N) is 1. The molecule has 0 radical (unpaired) electrons. The molecular weight excluding hydrogens is 204 g/mol. The van der Waals surface area contributed by atoms with Crippen LogP contribution >= 0.6 is 0 Å². The smallest absolute Gasteiger partial charge is 0.322 e. The van der Waals surface area contributed by atoms with Crippen LogP contribution < -0.4 is 5.32 Å². The van der Waals surface area contributed by atoms with E-state index < -0.39 is 0 Å². The van der Waals surface area contributed by atoms with Gasteiger partial charge < -0.3 is 10.1 Å². The predicted molar refractivity (Wildman–Crippen MR) is 64.4 cm³/mol. The summed E-state index contributed by atoms with van der Waals surface area (Å²) >= 11 is 0. The van der Waals surface area contributed by atoms with Crippen LogP contribution in [0.15, 0.2) is 0 Å². The van der Waals surface area contributed by atoms with E-state index >= 15 is 0 Å². The Morgan fingerprint density at radius 1 is 1.56 bits per heavy atom. The molecule has 1 rings (SSSR count). The van der Waals surface area contributed by atoms with Gasteiger partial charge >= 0.3 is 5.97 Å². The number of hydrogen-bond donors (Lipinski definition) is 1. The van der Waals surface area contributed by atoms with Crippen molar-refractivity contribution in [3.8, 4) is 0 Å². The Balaban J connectivity index is 2.54. The molecule has 0 spiro atoms. The van der Waals surface area contributed by atoms with Gasteiger partial charge in [0.15, 0.2) is 0 Å². The summed E-state index contributed by atoms with van der Waals surface area (Å²) in [7, 11) is 1.46. The predicted octanol–water partition coefficient (Wildman–Crippen LogP) is 1.01. The number of piperidine rings is 1. The molecule has 0 amide bonds. The van der Waals surface area contributed by atoms with Gasteiger partial charge in [-0.15, -0.1) is 0 Å². The summed E-state index contributed by atoms with van der Waals surface area (Å²) in [4.78, 5) is 13.8. The fourth-order valence-electron chi connectivity index (χ4n) is 2.37. The maximum Gasteiger partial charge on any atom is 0.322 e. The summed E-state index contributed by atoms with van der Waals surface area (Å²) in [5, 5.41) is 3.37. The van der Waals surface area contributed by atoms with Gasteiger partial charge in [-0.3, -0.25) is 9.69 Å². The van der Waals surface area contributed by atoms with E-state index in [0.717, 1.165) is 19.6 Å². The number of likely N-dealkylation sites (N-methyl/N-ethyl adjacent to an activating group) is 1. The molecule has 0 bridgehead atoms. The van der Waals surface area contributed by atoms with Gasteiger partial charge in [0, 0.05) is 12.6 Å². The summed E-state index contributed by atoms with van der Waals surface area (Å²) in [5.41, 5.74) is 0. The molecule has 1 N–H and O–H groups in total. The van der Waals surface area contributed by atoms with Gasteiger partial charge in [0.25, 0.3) is 0 Å². The lowest BCUT2D eigenvalue weighted by Gasteiger charge is -2.38. The van der Waals surface area contributed by atoms with Crippen molar-refractivity contribution in [2.24, 2.45) is 0 Å². The molecule has 4 nitrogen and oxygen atoms in total. The standard InChI is InChI=1S/C12H24N2O2/c1-4-13-9-11-7-5-6-8-14(11)10(2)12(15)16-3/h10-11,13H,4-9H2,1-3H3. The fraction of sp³-hybridized carbons (Fsp3) is 0.917. The molecule has 0 aliphatic carbocycles. The normalized spacial score (nSPS) is 24.1. The molecule has 1 saturated heterocycles. The lowest BCUT2D eigenvalue weighted by Crippen LogP contribution is -2.52. The number of carbonyl (C=O) groups is 1. The summed E-state index contributed by atoms with van der Waals surface area (Å²) < 4.78 is 4.82. The van der Waals surface area contributed by atoms with E-state index in [1.165, 1.54) is 26.4 Å². The zero-order valence-electron chi connectivity index (χ0n) is 10.7. The molecule has 1 fully saturated rings. The van der Waals surface area contributed by atoms with E-state index in [2.05, 4.69) is 17.1 Å². The van der Waals surface area contributed by atoms with Crippen molar-refractivity contribution < 1.29 is 9.53 Å². The average Bonchev–Trinajstić information content (AvgIpc) is 2.34. The Kier molecular flexibility index (Phi) is 5.77. The first-order chi connectivity index (χ1) is 7.70. The van der Waals surface area contributed by atoms with Crippen molar-refractivity contribution in [1.29, 1.82) is 0 Å². The van der Waals surface area contributed by atoms with Crippen LogP contribution in [0.2, 0.25) is 0 Å². The highest BCUT2D eigenvalue weighted by Crippen LogP contribution is 2.19. The van der Waals surface area contributed by atoms with Crippen LogP contribution in [0.25, 0.3) is 0 Å². The number of methoxy groups -OCH3 is 1. The third kappa shape index (κ3) is 3.46. The Morgan fingerprint density at radius 2 is 2.31 bits per heavy atom. The number of nitrogens with zero attached hydrogens (tertiary/aromatic N) is 1. The molecule has 4 heteroatoms. The van der Waals surface area contributed by atoms with Gasteiger partial charge in [0.05, 0.1) is 7.11 Å². The topological polar surface area (TPSA) is 41.6 Å². The Hall–Kier alpha value is -0.610. The molecular formula is C12H24N2O2. The maximum absolute atomic E-state index is 11.5. The van der Waals surface area contributed by atoms with Crippen LogP contribution in [0, 0.1) is 0 Å². The number of likely N-dealkylation sites (tertiary alicyclic amines) is 1. The number of rotatable bonds is 5. The monoisotopic (exact) mass is 228 g/mol. The first-order valence-corrected chi connectivity index (χ1v) is 6.25. The molecule has 1 aliphatic rings. The van der Waals surface area contributed by atoms with Gasteiger partial charge in [-0.2, -0.15) is 0 Å². The third-order valence-electron chi connectivity index (χ3n) is 3.34. The van der Waals surface area contributed by atoms with Gasteiger partial charge in [-0.1, -0.05) is 13.3 Å². The SMILES string of the molecule is CCNCC1CCCCN1C(C)C(=O)OC. The van der Waals surface area contributed by atoms with Crippen LogP contribution in [-0.2, 0) is 9.53 Å². The van der Waals surface area contributed by atoms with Gasteiger partial charge in [-0.05, 0) is 32.9 Å². The second kappa shape index (κ2) is 6.86. The van der Waals surface area contributed by atoms with Crippen molar-refractivity contribution in [3.63, 3.8) is 0 Å².